The number of carbonyl (C=O) groups is 1. The van der Waals surface area contributed by atoms with E-state index in [4.69, 9.17) is 0 Å². The number of aromatic nitrogens is 2. The lowest BCUT2D eigenvalue weighted by molar-refractivity contribution is -0.114. The van der Waals surface area contributed by atoms with Gasteiger partial charge in [0.25, 0.3) is 0 Å². The van der Waals surface area contributed by atoms with Gasteiger partial charge in [0.05, 0.1) is 16.3 Å². The van der Waals surface area contributed by atoms with Gasteiger partial charge in [-0.3, -0.25) is 4.79 Å². The highest BCUT2D eigenvalue weighted by molar-refractivity contribution is 7.89. The van der Waals surface area contributed by atoms with E-state index in [1.807, 2.05) is 48.9 Å². The van der Waals surface area contributed by atoms with Crippen LogP contribution in [0.2, 0.25) is 0 Å². The maximum absolute atomic E-state index is 13.3. The van der Waals surface area contributed by atoms with Crippen molar-refractivity contribution in [3.05, 3.63) is 71.0 Å². The molecule has 0 radical (unpaired) electrons. The summed E-state index contributed by atoms with van der Waals surface area (Å²) in [5.41, 5.74) is 4.52. The first-order valence-electron chi connectivity index (χ1n) is 9.56. The van der Waals surface area contributed by atoms with Crippen LogP contribution in [0.1, 0.15) is 29.4 Å². The smallest absolute Gasteiger partial charge is 0.243 e. The number of hydrogen-bond donors (Lipinski definition) is 1. The minimum absolute atomic E-state index is 0.169. The molecule has 0 aliphatic heterocycles. The normalized spacial score (nSPS) is 11.7. The molecular formula is C22H26N4O3S. The van der Waals surface area contributed by atoms with Gasteiger partial charge in [0.1, 0.15) is 0 Å². The minimum atomic E-state index is -3.77. The van der Waals surface area contributed by atoms with Crippen molar-refractivity contribution in [1.29, 1.82) is 0 Å². The number of amides is 1. The monoisotopic (exact) mass is 426 g/mol. The van der Waals surface area contributed by atoms with Crippen molar-refractivity contribution in [3.63, 3.8) is 0 Å². The van der Waals surface area contributed by atoms with Gasteiger partial charge in [-0.05, 0) is 50.6 Å². The Morgan fingerprint density at radius 3 is 2.40 bits per heavy atom. The van der Waals surface area contributed by atoms with E-state index in [1.54, 1.807) is 26.1 Å². The predicted octanol–water partition coefficient (Wildman–Crippen LogP) is 3.58. The van der Waals surface area contributed by atoms with Crippen molar-refractivity contribution in [2.24, 2.45) is 0 Å². The average Bonchev–Trinajstić information content (AvgIpc) is 2.97. The van der Waals surface area contributed by atoms with E-state index in [9.17, 15) is 13.2 Å². The molecule has 3 aromatic rings. The molecule has 1 amide bonds. The molecule has 1 aromatic heterocycles. The third-order valence-corrected chi connectivity index (χ3v) is 6.96. The van der Waals surface area contributed by atoms with E-state index in [1.165, 1.54) is 17.3 Å². The van der Waals surface area contributed by atoms with Gasteiger partial charge in [-0.15, -0.1) is 0 Å². The first-order valence-corrected chi connectivity index (χ1v) is 11.0. The molecule has 0 aliphatic carbocycles. The summed E-state index contributed by atoms with van der Waals surface area (Å²) in [4.78, 5) is 11.5. The van der Waals surface area contributed by atoms with Crippen LogP contribution in [-0.2, 0) is 21.4 Å². The van der Waals surface area contributed by atoms with Gasteiger partial charge in [0.15, 0.2) is 0 Å². The Balaban J connectivity index is 1.94. The molecule has 158 valence electrons. The summed E-state index contributed by atoms with van der Waals surface area (Å²) < 4.78 is 29.7. The number of carbonyl (C=O) groups excluding carboxylic acids is 1. The molecule has 0 unspecified atom stereocenters. The van der Waals surface area contributed by atoms with Crippen LogP contribution < -0.4 is 5.32 Å². The van der Waals surface area contributed by atoms with Crippen LogP contribution >= 0.6 is 0 Å². The van der Waals surface area contributed by atoms with Crippen molar-refractivity contribution < 1.29 is 13.2 Å². The van der Waals surface area contributed by atoms with Crippen molar-refractivity contribution >= 4 is 21.6 Å². The summed E-state index contributed by atoms with van der Waals surface area (Å²) in [7, 11) is -2.22. The summed E-state index contributed by atoms with van der Waals surface area (Å²) in [6.07, 6.45) is 0. The maximum Gasteiger partial charge on any atom is 0.243 e. The molecular weight excluding hydrogens is 400 g/mol. The van der Waals surface area contributed by atoms with Gasteiger partial charge in [0.2, 0.25) is 15.9 Å². The summed E-state index contributed by atoms with van der Waals surface area (Å²) in [6.45, 7) is 7.13. The van der Waals surface area contributed by atoms with Crippen LogP contribution in [0.5, 0.6) is 0 Å². The van der Waals surface area contributed by atoms with Crippen LogP contribution in [0, 0.1) is 20.8 Å². The van der Waals surface area contributed by atoms with Gasteiger partial charge < -0.3 is 5.32 Å². The fraction of sp³-hybridized carbons (Fsp3) is 0.273. The second kappa shape index (κ2) is 8.41. The standard InChI is InChI=1S/C22H26N4O3S/c1-15-11-12-19(23-18(4)27)13-22(15)30(28,29)25(5)14-21-16(2)24-26(17(21)3)20-9-7-6-8-10-20/h6-13H,14H2,1-5H3,(H,23,27). The van der Waals surface area contributed by atoms with Crippen LogP contribution in [0.4, 0.5) is 5.69 Å². The first-order chi connectivity index (χ1) is 14.1. The Morgan fingerprint density at radius 2 is 1.77 bits per heavy atom. The number of aryl methyl sites for hydroxylation is 2. The fourth-order valence-electron chi connectivity index (χ4n) is 3.36. The number of para-hydroxylation sites is 1. The summed E-state index contributed by atoms with van der Waals surface area (Å²) in [5, 5.41) is 7.24. The molecule has 2 aromatic carbocycles. The maximum atomic E-state index is 13.3. The highest BCUT2D eigenvalue weighted by Crippen LogP contribution is 2.26. The molecule has 0 saturated carbocycles. The van der Waals surface area contributed by atoms with Crippen molar-refractivity contribution in [1.82, 2.24) is 14.1 Å². The number of sulfonamides is 1. The fourth-order valence-corrected chi connectivity index (χ4v) is 4.74. The second-order valence-electron chi connectivity index (χ2n) is 7.32. The molecule has 0 bridgehead atoms. The third kappa shape index (κ3) is 4.29. The Labute approximate surface area is 177 Å². The molecule has 0 saturated heterocycles. The van der Waals surface area contributed by atoms with Crippen molar-refractivity contribution in [2.75, 3.05) is 12.4 Å². The topological polar surface area (TPSA) is 84.3 Å². The predicted molar refractivity (Wildman–Crippen MR) is 117 cm³/mol. The van der Waals surface area contributed by atoms with Crippen LogP contribution in [0.3, 0.4) is 0 Å². The van der Waals surface area contributed by atoms with Gasteiger partial charge >= 0.3 is 0 Å². The lowest BCUT2D eigenvalue weighted by atomic mass is 10.2. The van der Waals surface area contributed by atoms with E-state index in [0.29, 0.717) is 11.3 Å². The van der Waals surface area contributed by atoms with E-state index >= 15 is 0 Å². The van der Waals surface area contributed by atoms with Gasteiger partial charge in [-0.25, -0.2) is 13.1 Å². The minimum Gasteiger partial charge on any atom is -0.326 e. The van der Waals surface area contributed by atoms with Gasteiger partial charge in [0, 0.05) is 37.5 Å². The molecule has 0 atom stereocenters. The Hall–Kier alpha value is -2.97. The molecule has 0 fully saturated rings. The van der Waals surface area contributed by atoms with E-state index in [0.717, 1.165) is 22.6 Å². The molecule has 0 aliphatic rings. The highest BCUT2D eigenvalue weighted by Gasteiger charge is 2.26. The lowest BCUT2D eigenvalue weighted by Crippen LogP contribution is -2.27. The molecule has 3 rings (SSSR count). The second-order valence-corrected chi connectivity index (χ2v) is 9.33. The van der Waals surface area contributed by atoms with Crippen LogP contribution in [0.15, 0.2) is 53.4 Å². The van der Waals surface area contributed by atoms with E-state index < -0.39 is 10.0 Å². The summed E-state index contributed by atoms with van der Waals surface area (Å²) in [6, 6.07) is 14.6. The third-order valence-electron chi connectivity index (χ3n) is 5.02. The number of nitrogens with zero attached hydrogens (tertiary/aromatic N) is 3. The number of benzene rings is 2. The zero-order valence-electron chi connectivity index (χ0n) is 17.8. The number of anilines is 1. The van der Waals surface area contributed by atoms with Crippen molar-refractivity contribution in [3.8, 4) is 5.69 Å². The Kier molecular flexibility index (Phi) is 6.09. The van der Waals surface area contributed by atoms with Gasteiger partial charge in [-0.2, -0.15) is 9.40 Å². The SMILES string of the molecule is CC(=O)Nc1ccc(C)c(S(=O)(=O)N(C)Cc2c(C)nn(-c3ccccc3)c2C)c1. The molecule has 7 nitrogen and oxygen atoms in total. The Bertz CT molecular complexity index is 1180. The van der Waals surface area contributed by atoms with Crippen LogP contribution in [0.25, 0.3) is 5.69 Å². The van der Waals surface area contributed by atoms with Crippen molar-refractivity contribution in [2.45, 2.75) is 39.1 Å². The molecule has 30 heavy (non-hydrogen) atoms. The quantitative estimate of drug-likeness (QED) is 0.653. The molecule has 1 N–H and O–H groups in total. The number of nitrogens with one attached hydrogen (secondary N) is 1. The van der Waals surface area contributed by atoms with E-state index in [-0.39, 0.29) is 17.3 Å². The average molecular weight is 427 g/mol. The van der Waals surface area contributed by atoms with E-state index in [2.05, 4.69) is 10.4 Å². The zero-order chi connectivity index (χ0) is 22.1. The highest BCUT2D eigenvalue weighted by atomic mass is 32.2. The molecule has 0 spiro atoms. The number of rotatable bonds is 6. The van der Waals surface area contributed by atoms with Gasteiger partial charge in [-0.1, -0.05) is 24.3 Å². The largest absolute Gasteiger partial charge is 0.326 e. The summed E-state index contributed by atoms with van der Waals surface area (Å²) in [5.74, 6) is -0.255. The first kappa shape index (κ1) is 21.7. The Morgan fingerprint density at radius 1 is 1.10 bits per heavy atom. The molecule has 1 heterocycles. The molecule has 8 heteroatoms. The van der Waals surface area contributed by atoms with Crippen LogP contribution in [-0.4, -0.2) is 35.5 Å². The zero-order valence-corrected chi connectivity index (χ0v) is 18.6. The number of hydrogen-bond acceptors (Lipinski definition) is 4. The lowest BCUT2D eigenvalue weighted by Gasteiger charge is -2.19. The summed E-state index contributed by atoms with van der Waals surface area (Å²) >= 11 is 0.